The molecule has 2 heteroatoms. The van der Waals surface area contributed by atoms with Gasteiger partial charge in [-0.25, -0.2) is 0 Å². The minimum atomic E-state index is 0.340. The van der Waals surface area contributed by atoms with Crippen molar-refractivity contribution in [3.8, 4) is 0 Å². The molecule has 0 saturated carbocycles. The van der Waals surface area contributed by atoms with E-state index in [-0.39, 0.29) is 0 Å². The van der Waals surface area contributed by atoms with Crippen molar-refractivity contribution >= 4 is 9.52 Å². The molecular weight excluding hydrogens is 114 g/mol. The summed E-state index contributed by atoms with van der Waals surface area (Å²) in [6.07, 6.45) is 5.79. The van der Waals surface area contributed by atoms with Gasteiger partial charge in [-0.15, -0.1) is 0 Å². The van der Waals surface area contributed by atoms with Crippen LogP contribution in [0.5, 0.6) is 0 Å². The lowest BCUT2D eigenvalue weighted by atomic mass is 10.2. The van der Waals surface area contributed by atoms with Gasteiger partial charge in [0.1, 0.15) is 0 Å². The maximum absolute atomic E-state index is 3.45. The molecule has 1 nitrogen and oxygen atoms in total. The van der Waals surface area contributed by atoms with Crippen LogP contribution in [0.3, 0.4) is 0 Å². The van der Waals surface area contributed by atoms with Crippen LogP contribution < -0.4 is 5.32 Å². The highest BCUT2D eigenvalue weighted by molar-refractivity contribution is 6.35. The molecule has 0 aromatic heterocycles. The predicted molar refractivity (Wildman–Crippen MR) is 40.1 cm³/mol. The van der Waals surface area contributed by atoms with Crippen molar-refractivity contribution in [1.29, 1.82) is 0 Å². The topological polar surface area (TPSA) is 12.0 Å². The summed E-state index contributed by atoms with van der Waals surface area (Å²) in [5.74, 6) is 0. The number of nitrogens with one attached hydrogen (secondary N) is 1. The van der Waals surface area contributed by atoms with Crippen molar-refractivity contribution in [1.82, 2.24) is 5.32 Å². The maximum atomic E-state index is 3.45. The second-order valence-electron chi connectivity index (χ2n) is 2.52. The highest BCUT2D eigenvalue weighted by atomic mass is 28.2. The van der Waals surface area contributed by atoms with E-state index in [4.69, 9.17) is 0 Å². The van der Waals surface area contributed by atoms with Crippen molar-refractivity contribution in [2.75, 3.05) is 12.7 Å². The van der Waals surface area contributed by atoms with E-state index in [1.165, 1.54) is 32.0 Å². The highest BCUT2D eigenvalue weighted by Gasteiger charge is 1.95. The Balaban J connectivity index is 2.00. The Morgan fingerprint density at radius 3 is 3.12 bits per heavy atom. The molecule has 1 aliphatic heterocycles. The quantitative estimate of drug-likeness (QED) is 0.464. The van der Waals surface area contributed by atoms with Crippen molar-refractivity contribution < 1.29 is 0 Å². The normalized spacial score (nSPS) is 27.0. The van der Waals surface area contributed by atoms with Crippen LogP contribution >= 0.6 is 0 Å². The van der Waals surface area contributed by atoms with Gasteiger partial charge in [0.25, 0.3) is 0 Å². The molecule has 0 aromatic rings. The van der Waals surface area contributed by atoms with Gasteiger partial charge in [0, 0.05) is 9.52 Å². The van der Waals surface area contributed by atoms with E-state index in [1.807, 2.05) is 0 Å². The Hall–Kier alpha value is 0.177. The molecule has 0 aliphatic carbocycles. The molecule has 0 spiro atoms. The molecule has 1 aliphatic rings. The highest BCUT2D eigenvalue weighted by Crippen LogP contribution is 2.00. The summed E-state index contributed by atoms with van der Waals surface area (Å²) in [7, 11) is 0.340. The molecule has 1 rings (SSSR count). The molecule has 0 amide bonds. The molecule has 1 fully saturated rings. The third kappa shape index (κ3) is 2.48. The Morgan fingerprint density at radius 1 is 1.12 bits per heavy atom. The lowest BCUT2D eigenvalue weighted by molar-refractivity contribution is 0.639. The molecule has 0 radical (unpaired) electrons. The Morgan fingerprint density at radius 2 is 2.12 bits per heavy atom. The lowest BCUT2D eigenvalue weighted by Gasteiger charge is -2.07. The van der Waals surface area contributed by atoms with Gasteiger partial charge in [0.15, 0.2) is 0 Å². The van der Waals surface area contributed by atoms with Gasteiger partial charge in [0.2, 0.25) is 0 Å². The number of rotatable bonds is 0. The third-order valence-electron chi connectivity index (χ3n) is 1.71. The van der Waals surface area contributed by atoms with Gasteiger partial charge in [-0.2, -0.15) is 0 Å². The standard InChI is InChI=1S/C6H15NSi/c1-2-4-7-6-8-5-3-1/h7H,1-6,8H2. The van der Waals surface area contributed by atoms with Crippen molar-refractivity contribution in [3.05, 3.63) is 0 Å². The second kappa shape index (κ2) is 4.10. The number of hydrogen-bond acceptors (Lipinski definition) is 1. The zero-order chi connectivity index (χ0) is 5.66. The van der Waals surface area contributed by atoms with Crippen LogP contribution in [0, 0.1) is 0 Å². The second-order valence-corrected chi connectivity index (χ2v) is 4.43. The summed E-state index contributed by atoms with van der Waals surface area (Å²) < 4.78 is 0. The largest absolute Gasteiger partial charge is 0.320 e. The van der Waals surface area contributed by atoms with Crippen LogP contribution in [0.4, 0.5) is 0 Å². The summed E-state index contributed by atoms with van der Waals surface area (Å²) in [4.78, 5) is 0. The molecule has 48 valence electrons. The molecule has 0 unspecified atom stereocenters. The zero-order valence-corrected chi connectivity index (χ0v) is 6.86. The van der Waals surface area contributed by atoms with Crippen LogP contribution in [0.25, 0.3) is 0 Å². The van der Waals surface area contributed by atoms with Gasteiger partial charge in [-0.3, -0.25) is 0 Å². The minimum Gasteiger partial charge on any atom is -0.320 e. The van der Waals surface area contributed by atoms with E-state index >= 15 is 0 Å². The molecule has 1 heterocycles. The summed E-state index contributed by atoms with van der Waals surface area (Å²) in [5.41, 5.74) is 0. The fraction of sp³-hybridized carbons (Fsp3) is 1.00. The molecular formula is C6H15NSi. The van der Waals surface area contributed by atoms with Gasteiger partial charge >= 0.3 is 0 Å². The van der Waals surface area contributed by atoms with Crippen molar-refractivity contribution in [3.63, 3.8) is 0 Å². The molecule has 1 saturated heterocycles. The first-order chi connectivity index (χ1) is 4.00. The van der Waals surface area contributed by atoms with E-state index in [2.05, 4.69) is 5.32 Å². The maximum Gasteiger partial charge on any atom is 0.0365 e. The fourth-order valence-electron chi connectivity index (χ4n) is 1.16. The molecule has 0 bridgehead atoms. The summed E-state index contributed by atoms with van der Waals surface area (Å²) >= 11 is 0. The molecule has 8 heavy (non-hydrogen) atoms. The smallest absolute Gasteiger partial charge is 0.0365 e. The monoisotopic (exact) mass is 129 g/mol. The van der Waals surface area contributed by atoms with Gasteiger partial charge in [0.05, 0.1) is 0 Å². The predicted octanol–water partition coefficient (Wildman–Crippen LogP) is 0.304. The molecule has 0 atom stereocenters. The van der Waals surface area contributed by atoms with Gasteiger partial charge in [-0.05, 0) is 19.1 Å². The molecule has 0 aromatic carbocycles. The summed E-state index contributed by atoms with van der Waals surface area (Å²) in [5, 5.41) is 3.45. The Labute approximate surface area is 53.7 Å². The van der Waals surface area contributed by atoms with Crippen LogP contribution in [0.2, 0.25) is 6.04 Å². The Bertz CT molecular complexity index is 32.5. The number of hydrogen-bond donors (Lipinski definition) is 1. The average molecular weight is 129 g/mol. The van der Waals surface area contributed by atoms with E-state index in [0.717, 1.165) is 0 Å². The summed E-state index contributed by atoms with van der Waals surface area (Å²) in [6, 6.07) is 1.58. The van der Waals surface area contributed by atoms with Gasteiger partial charge in [-0.1, -0.05) is 18.9 Å². The summed E-state index contributed by atoms with van der Waals surface area (Å²) in [6.45, 7) is 1.28. The third-order valence-corrected chi connectivity index (χ3v) is 3.41. The van der Waals surface area contributed by atoms with E-state index in [9.17, 15) is 0 Å². The van der Waals surface area contributed by atoms with Gasteiger partial charge < -0.3 is 5.32 Å². The van der Waals surface area contributed by atoms with Crippen molar-refractivity contribution in [2.24, 2.45) is 0 Å². The SMILES string of the molecule is C1CCNC[SiH2]CC1. The van der Waals surface area contributed by atoms with E-state index < -0.39 is 0 Å². The fourth-order valence-corrected chi connectivity index (χ4v) is 2.61. The van der Waals surface area contributed by atoms with Crippen LogP contribution in [-0.2, 0) is 0 Å². The first-order valence-corrected chi connectivity index (χ1v) is 5.71. The van der Waals surface area contributed by atoms with Crippen LogP contribution in [-0.4, -0.2) is 22.2 Å². The molecule has 1 N–H and O–H groups in total. The zero-order valence-electron chi connectivity index (χ0n) is 5.45. The Kier molecular flexibility index (Phi) is 3.22. The van der Waals surface area contributed by atoms with E-state index in [0.29, 0.717) is 9.52 Å². The minimum absolute atomic E-state index is 0.340. The first-order valence-electron chi connectivity index (χ1n) is 3.71. The van der Waals surface area contributed by atoms with Crippen LogP contribution in [0.15, 0.2) is 0 Å². The van der Waals surface area contributed by atoms with Crippen LogP contribution in [0.1, 0.15) is 19.3 Å². The van der Waals surface area contributed by atoms with E-state index in [1.54, 1.807) is 6.04 Å². The average Bonchev–Trinajstić information content (AvgIpc) is 1.62. The lowest BCUT2D eigenvalue weighted by Crippen LogP contribution is -2.23. The first kappa shape index (κ1) is 6.30. The van der Waals surface area contributed by atoms with Crippen molar-refractivity contribution in [2.45, 2.75) is 25.3 Å².